The number of aryl methyl sites for hydroxylation is 1. The van der Waals surface area contributed by atoms with Crippen LogP contribution in [-0.4, -0.2) is 16.6 Å². The van der Waals surface area contributed by atoms with Gasteiger partial charge in [-0.1, -0.05) is 6.07 Å². The lowest BCUT2D eigenvalue weighted by molar-refractivity contribution is 0.707. The van der Waals surface area contributed by atoms with E-state index in [1.165, 1.54) is 11.3 Å². The zero-order chi connectivity index (χ0) is 13.2. The number of hydrogen-bond donors (Lipinski definition) is 1. The number of pyridine rings is 2. The van der Waals surface area contributed by atoms with Gasteiger partial charge in [0.15, 0.2) is 0 Å². The van der Waals surface area contributed by atoms with Crippen LogP contribution in [0.25, 0.3) is 0 Å². The summed E-state index contributed by atoms with van der Waals surface area (Å²) in [6.07, 6.45) is 5.02. The largest absolute Gasteiger partial charge is 0.373 e. The molecule has 2 aromatic rings. The van der Waals surface area contributed by atoms with E-state index in [9.17, 15) is 4.79 Å². The van der Waals surface area contributed by atoms with Gasteiger partial charge in [0, 0.05) is 25.0 Å². The number of anilines is 1. The van der Waals surface area contributed by atoms with E-state index >= 15 is 0 Å². The van der Waals surface area contributed by atoms with Crippen LogP contribution >= 0.6 is 0 Å². The van der Waals surface area contributed by atoms with Gasteiger partial charge in [0.2, 0.25) is 0 Å². The maximum atomic E-state index is 12.1. The summed E-state index contributed by atoms with van der Waals surface area (Å²) in [4.78, 5) is 16.3. The highest BCUT2D eigenvalue weighted by atomic mass is 16.1. The second-order valence-electron chi connectivity index (χ2n) is 4.88. The van der Waals surface area contributed by atoms with Gasteiger partial charge >= 0.3 is 0 Å². The first-order valence-corrected chi connectivity index (χ1v) is 6.62. The van der Waals surface area contributed by atoms with E-state index in [1.54, 1.807) is 12.3 Å². The van der Waals surface area contributed by atoms with E-state index in [-0.39, 0.29) is 5.56 Å². The van der Waals surface area contributed by atoms with Gasteiger partial charge in [-0.15, -0.1) is 0 Å². The number of nitrogens with one attached hydrogen (secondary N) is 1. The summed E-state index contributed by atoms with van der Waals surface area (Å²) in [5.74, 6) is 0.832. The highest BCUT2D eigenvalue weighted by molar-refractivity contribution is 5.37. The molecule has 1 N–H and O–H groups in total. The number of rotatable bonds is 3. The molecule has 0 saturated heterocycles. The molecule has 0 aromatic carbocycles. The highest BCUT2D eigenvalue weighted by Crippen LogP contribution is 2.20. The average Bonchev–Trinajstić information content (AvgIpc) is 2.91. The molecule has 3 rings (SSSR count). The fraction of sp³-hybridized carbons (Fsp3) is 0.333. The summed E-state index contributed by atoms with van der Waals surface area (Å²) in [6.45, 7) is 0.624. The monoisotopic (exact) mass is 255 g/mol. The fourth-order valence-corrected chi connectivity index (χ4v) is 2.70. The van der Waals surface area contributed by atoms with Gasteiger partial charge < -0.3 is 9.88 Å². The molecular weight excluding hydrogens is 238 g/mol. The van der Waals surface area contributed by atoms with E-state index in [0.29, 0.717) is 6.54 Å². The molecule has 1 aliphatic rings. The number of fused-ring (bicyclic) bond motifs is 1. The minimum atomic E-state index is 0.0865. The Morgan fingerprint density at radius 2 is 2.21 bits per heavy atom. The molecule has 0 amide bonds. The van der Waals surface area contributed by atoms with Crippen molar-refractivity contribution in [3.63, 3.8) is 0 Å². The molecule has 98 valence electrons. The second kappa shape index (κ2) is 4.88. The molecule has 19 heavy (non-hydrogen) atoms. The van der Waals surface area contributed by atoms with Gasteiger partial charge in [0.1, 0.15) is 5.82 Å². The Morgan fingerprint density at radius 1 is 1.32 bits per heavy atom. The molecule has 0 atom stereocenters. The van der Waals surface area contributed by atoms with Crippen molar-refractivity contribution in [2.24, 2.45) is 0 Å². The summed E-state index contributed by atoms with van der Waals surface area (Å²) in [6, 6.07) is 7.61. The topological polar surface area (TPSA) is 46.9 Å². The van der Waals surface area contributed by atoms with Crippen LogP contribution in [0.15, 0.2) is 35.3 Å². The van der Waals surface area contributed by atoms with Crippen molar-refractivity contribution in [2.45, 2.75) is 25.8 Å². The smallest absolute Gasteiger partial charge is 0.251 e. The van der Waals surface area contributed by atoms with Crippen molar-refractivity contribution in [2.75, 3.05) is 12.4 Å². The number of hydrogen-bond acceptors (Lipinski definition) is 3. The Hall–Kier alpha value is -2.10. The van der Waals surface area contributed by atoms with E-state index < -0.39 is 0 Å². The van der Waals surface area contributed by atoms with Crippen LogP contribution in [0.3, 0.4) is 0 Å². The molecule has 2 aromatic heterocycles. The molecule has 0 unspecified atom stereocenters. The fourth-order valence-electron chi connectivity index (χ4n) is 2.70. The molecular formula is C15H17N3O. The zero-order valence-electron chi connectivity index (χ0n) is 11.0. The Kier molecular flexibility index (Phi) is 3.07. The molecule has 1 aliphatic carbocycles. The molecule has 4 nitrogen and oxygen atoms in total. The van der Waals surface area contributed by atoms with Crippen LogP contribution in [0.2, 0.25) is 0 Å². The summed E-state index contributed by atoms with van der Waals surface area (Å²) in [5.41, 5.74) is 3.71. The zero-order valence-corrected chi connectivity index (χ0v) is 11.0. The van der Waals surface area contributed by atoms with E-state index in [4.69, 9.17) is 0 Å². The van der Waals surface area contributed by atoms with Crippen molar-refractivity contribution in [1.29, 1.82) is 0 Å². The van der Waals surface area contributed by atoms with Crippen LogP contribution in [0.1, 0.15) is 23.2 Å². The molecule has 2 heterocycles. The van der Waals surface area contributed by atoms with Gasteiger partial charge in [-0.05, 0) is 42.5 Å². The molecule has 0 saturated carbocycles. The van der Waals surface area contributed by atoms with Crippen LogP contribution < -0.4 is 10.9 Å². The van der Waals surface area contributed by atoms with Gasteiger partial charge in [-0.3, -0.25) is 4.79 Å². The lowest BCUT2D eigenvalue weighted by Crippen LogP contribution is -2.23. The lowest BCUT2D eigenvalue weighted by atomic mass is 10.2. The van der Waals surface area contributed by atoms with E-state index in [0.717, 1.165) is 30.6 Å². The third-order valence-corrected chi connectivity index (χ3v) is 3.67. The maximum Gasteiger partial charge on any atom is 0.251 e. The predicted octanol–water partition coefficient (Wildman–Crippen LogP) is 1.82. The van der Waals surface area contributed by atoms with E-state index in [1.807, 2.05) is 29.8 Å². The van der Waals surface area contributed by atoms with Crippen LogP contribution in [0.4, 0.5) is 5.82 Å². The van der Waals surface area contributed by atoms with Crippen molar-refractivity contribution in [1.82, 2.24) is 9.55 Å². The van der Waals surface area contributed by atoms with Gasteiger partial charge in [0.05, 0.1) is 6.54 Å². The Balaban J connectivity index is 1.99. The summed E-state index contributed by atoms with van der Waals surface area (Å²) < 4.78 is 1.90. The third kappa shape index (κ3) is 2.26. The second-order valence-corrected chi connectivity index (χ2v) is 4.88. The van der Waals surface area contributed by atoms with Crippen molar-refractivity contribution < 1.29 is 0 Å². The minimum absolute atomic E-state index is 0.0865. The molecule has 0 spiro atoms. The summed E-state index contributed by atoms with van der Waals surface area (Å²) in [5, 5.41) is 3.02. The van der Waals surface area contributed by atoms with Crippen LogP contribution in [0.5, 0.6) is 0 Å². The first kappa shape index (κ1) is 12.0. The quantitative estimate of drug-likeness (QED) is 0.910. The third-order valence-electron chi connectivity index (χ3n) is 3.67. The molecule has 0 bridgehead atoms. The van der Waals surface area contributed by atoms with Crippen molar-refractivity contribution in [3.8, 4) is 0 Å². The van der Waals surface area contributed by atoms with Crippen molar-refractivity contribution in [3.05, 3.63) is 57.6 Å². The molecule has 0 fully saturated rings. The van der Waals surface area contributed by atoms with Crippen molar-refractivity contribution >= 4 is 5.82 Å². The lowest BCUT2D eigenvalue weighted by Gasteiger charge is -2.12. The Bertz CT molecular complexity index is 661. The van der Waals surface area contributed by atoms with Gasteiger partial charge in [0.25, 0.3) is 5.56 Å². The molecule has 0 radical (unpaired) electrons. The average molecular weight is 255 g/mol. The SMILES string of the molecule is CNc1cc(Cn2c3c(ccc2=O)CCC3)ccn1. The summed E-state index contributed by atoms with van der Waals surface area (Å²) >= 11 is 0. The highest BCUT2D eigenvalue weighted by Gasteiger charge is 2.15. The van der Waals surface area contributed by atoms with Crippen LogP contribution in [0, 0.1) is 0 Å². The Labute approximate surface area is 112 Å². The van der Waals surface area contributed by atoms with Crippen LogP contribution in [-0.2, 0) is 19.4 Å². The first-order valence-electron chi connectivity index (χ1n) is 6.62. The molecule has 0 aliphatic heterocycles. The Morgan fingerprint density at radius 3 is 3.05 bits per heavy atom. The van der Waals surface area contributed by atoms with Gasteiger partial charge in [-0.25, -0.2) is 4.98 Å². The number of nitrogens with zero attached hydrogens (tertiary/aromatic N) is 2. The van der Waals surface area contributed by atoms with Gasteiger partial charge in [-0.2, -0.15) is 0 Å². The standard InChI is InChI=1S/C15H17N3O/c1-16-14-9-11(7-8-17-14)10-18-13-4-2-3-12(13)5-6-15(18)19/h5-9H,2-4,10H2,1H3,(H,16,17). The molecule has 4 heteroatoms. The minimum Gasteiger partial charge on any atom is -0.373 e. The number of aromatic nitrogens is 2. The van der Waals surface area contributed by atoms with E-state index in [2.05, 4.69) is 10.3 Å². The maximum absolute atomic E-state index is 12.1. The summed E-state index contributed by atoms with van der Waals surface area (Å²) in [7, 11) is 1.85. The predicted molar refractivity (Wildman–Crippen MR) is 75.6 cm³/mol. The normalized spacial score (nSPS) is 13.3. The first-order chi connectivity index (χ1) is 9.28.